The summed E-state index contributed by atoms with van der Waals surface area (Å²) in [6, 6.07) is 8.28. The molecule has 0 radical (unpaired) electrons. The first-order valence-corrected chi connectivity index (χ1v) is 11.3. The van der Waals surface area contributed by atoms with Gasteiger partial charge in [0.05, 0.1) is 12.7 Å². The average molecular weight is 426 g/mol. The number of methoxy groups -OCH3 is 1. The van der Waals surface area contributed by atoms with Gasteiger partial charge in [0.15, 0.2) is 5.82 Å². The highest BCUT2D eigenvalue weighted by Crippen LogP contribution is 2.42. The maximum Gasteiger partial charge on any atom is 0.163 e. The van der Waals surface area contributed by atoms with Crippen molar-refractivity contribution in [2.75, 3.05) is 31.8 Å². The lowest BCUT2D eigenvalue weighted by molar-refractivity contribution is 0.0662. The van der Waals surface area contributed by atoms with Crippen LogP contribution in [0, 0.1) is 5.92 Å². The molecule has 5 rings (SSSR count). The van der Waals surface area contributed by atoms with Crippen LogP contribution in [0.1, 0.15) is 24.0 Å². The maximum atomic E-state index is 5.47. The molecule has 0 unspecified atom stereocenters. The number of benzene rings is 1. The number of hydrogen-bond donors (Lipinski definition) is 1. The van der Waals surface area contributed by atoms with Crippen molar-refractivity contribution in [3.05, 3.63) is 47.1 Å². The van der Waals surface area contributed by atoms with Crippen LogP contribution in [0.5, 0.6) is 5.75 Å². The van der Waals surface area contributed by atoms with Crippen molar-refractivity contribution in [1.82, 2.24) is 20.1 Å². The summed E-state index contributed by atoms with van der Waals surface area (Å²) in [6.07, 6.45) is 3.96. The lowest BCUT2D eigenvalue weighted by Gasteiger charge is -2.29. The fourth-order valence-corrected chi connectivity index (χ4v) is 5.27. The topological polar surface area (TPSA) is 64.4 Å². The van der Waals surface area contributed by atoms with E-state index in [0.29, 0.717) is 12.6 Å². The van der Waals surface area contributed by atoms with Gasteiger partial charge >= 0.3 is 0 Å². The summed E-state index contributed by atoms with van der Waals surface area (Å²) < 4.78 is 12.8. The number of thiophene rings is 1. The molecule has 1 N–H and O–H groups in total. The molecule has 1 saturated heterocycles. The summed E-state index contributed by atoms with van der Waals surface area (Å²) in [5.74, 6) is 2.56. The van der Waals surface area contributed by atoms with Gasteiger partial charge in [-0.2, -0.15) is 5.10 Å². The van der Waals surface area contributed by atoms with Crippen LogP contribution in [0.25, 0.3) is 11.4 Å². The van der Waals surface area contributed by atoms with E-state index in [9.17, 15) is 0 Å². The van der Waals surface area contributed by atoms with Crippen molar-refractivity contribution >= 4 is 16.3 Å². The summed E-state index contributed by atoms with van der Waals surface area (Å²) in [7, 11) is 1.70. The molecule has 0 bridgehead atoms. The van der Waals surface area contributed by atoms with E-state index in [1.807, 2.05) is 16.8 Å². The van der Waals surface area contributed by atoms with E-state index in [2.05, 4.69) is 37.8 Å². The van der Waals surface area contributed by atoms with Gasteiger partial charge in [-0.1, -0.05) is 12.1 Å². The Hall–Kier alpha value is -2.42. The molecule has 0 saturated carbocycles. The first-order valence-electron chi connectivity index (χ1n) is 10.5. The van der Waals surface area contributed by atoms with Gasteiger partial charge in [-0.25, -0.2) is 9.67 Å². The highest BCUT2D eigenvalue weighted by Gasteiger charge is 2.28. The van der Waals surface area contributed by atoms with Gasteiger partial charge in [0, 0.05) is 26.3 Å². The second-order valence-electron chi connectivity index (χ2n) is 7.90. The van der Waals surface area contributed by atoms with Crippen LogP contribution in [0.4, 0.5) is 5.00 Å². The molecule has 0 aliphatic carbocycles. The fraction of sp³-hybridized carbons (Fsp3) is 0.455. The Morgan fingerprint density at radius 1 is 1.23 bits per heavy atom. The summed E-state index contributed by atoms with van der Waals surface area (Å²) in [6.45, 7) is 5.21. The highest BCUT2D eigenvalue weighted by atomic mass is 32.1. The first kappa shape index (κ1) is 19.5. The van der Waals surface area contributed by atoms with Crippen LogP contribution in [0.15, 0.2) is 36.0 Å². The molecule has 0 amide bonds. The molecular formula is C22H27N5O2S. The van der Waals surface area contributed by atoms with Gasteiger partial charge in [0.2, 0.25) is 0 Å². The molecule has 1 fully saturated rings. The molecule has 2 aliphatic rings. The molecule has 3 aromatic rings. The normalized spacial score (nSPS) is 16.4. The lowest BCUT2D eigenvalue weighted by Crippen LogP contribution is -2.30. The molecule has 30 heavy (non-hydrogen) atoms. The third-order valence-corrected chi connectivity index (χ3v) is 6.99. The molecule has 1 aromatic carbocycles. The Morgan fingerprint density at radius 2 is 2.07 bits per heavy atom. The zero-order valence-electron chi connectivity index (χ0n) is 17.2. The van der Waals surface area contributed by atoms with Crippen LogP contribution < -0.4 is 15.0 Å². The second kappa shape index (κ2) is 8.75. The van der Waals surface area contributed by atoms with Crippen LogP contribution in [-0.4, -0.2) is 41.6 Å². The standard InChI is InChI=1S/C22H27N5O2S/c1-28-19-4-2-17(3-5-19)12-26-15-27-21(24-14-25-27)20-18(13-30-22(20)26)11-23-10-16-6-8-29-9-7-16/h2-5,13-14,16,23H,6-12,15H2,1H3. The Bertz CT molecular complexity index is 978. The number of anilines is 1. The monoisotopic (exact) mass is 425 g/mol. The van der Waals surface area contributed by atoms with Crippen molar-refractivity contribution in [2.24, 2.45) is 5.92 Å². The Kier molecular flexibility index (Phi) is 5.70. The van der Waals surface area contributed by atoms with Gasteiger partial charge in [0.25, 0.3) is 0 Å². The molecule has 2 aliphatic heterocycles. The largest absolute Gasteiger partial charge is 0.497 e. The quantitative estimate of drug-likeness (QED) is 0.625. The van der Waals surface area contributed by atoms with Gasteiger partial charge < -0.3 is 19.7 Å². The molecule has 2 aromatic heterocycles. The van der Waals surface area contributed by atoms with Crippen molar-refractivity contribution in [3.63, 3.8) is 0 Å². The Balaban J connectivity index is 1.33. The summed E-state index contributed by atoms with van der Waals surface area (Å²) >= 11 is 1.80. The zero-order valence-corrected chi connectivity index (χ0v) is 18.0. The predicted molar refractivity (Wildman–Crippen MR) is 118 cm³/mol. The highest BCUT2D eigenvalue weighted by molar-refractivity contribution is 7.15. The number of hydrogen-bond acceptors (Lipinski definition) is 7. The van der Waals surface area contributed by atoms with E-state index in [-0.39, 0.29) is 0 Å². The Morgan fingerprint density at radius 3 is 2.87 bits per heavy atom. The number of nitrogens with one attached hydrogen (secondary N) is 1. The van der Waals surface area contributed by atoms with E-state index in [1.54, 1.807) is 24.8 Å². The predicted octanol–water partition coefficient (Wildman–Crippen LogP) is 3.51. The van der Waals surface area contributed by atoms with E-state index in [4.69, 9.17) is 9.47 Å². The SMILES string of the molecule is COc1ccc(CN2Cn3ncnc3-c3c(CNCC4CCOCC4)csc32)cc1. The van der Waals surface area contributed by atoms with Gasteiger partial charge in [-0.05, 0) is 53.9 Å². The smallest absolute Gasteiger partial charge is 0.163 e. The van der Waals surface area contributed by atoms with Crippen molar-refractivity contribution in [2.45, 2.75) is 32.6 Å². The third-order valence-electron chi connectivity index (χ3n) is 5.90. The van der Waals surface area contributed by atoms with E-state index >= 15 is 0 Å². The number of fused-ring (bicyclic) bond motifs is 3. The second-order valence-corrected chi connectivity index (χ2v) is 8.76. The molecule has 0 spiro atoms. The lowest BCUT2D eigenvalue weighted by atomic mass is 10.0. The molecule has 158 valence electrons. The van der Waals surface area contributed by atoms with Crippen molar-refractivity contribution in [1.29, 1.82) is 0 Å². The van der Waals surface area contributed by atoms with Crippen molar-refractivity contribution < 1.29 is 9.47 Å². The summed E-state index contributed by atoms with van der Waals surface area (Å²) in [5.41, 5.74) is 3.77. The third kappa shape index (κ3) is 3.95. The van der Waals surface area contributed by atoms with E-state index in [0.717, 1.165) is 57.3 Å². The zero-order chi connectivity index (χ0) is 20.3. The van der Waals surface area contributed by atoms with Gasteiger partial charge in [-0.15, -0.1) is 11.3 Å². The number of ether oxygens (including phenoxy) is 2. The minimum absolute atomic E-state index is 0.712. The molecule has 0 atom stereocenters. The number of aromatic nitrogens is 3. The first-order chi connectivity index (χ1) is 14.8. The van der Waals surface area contributed by atoms with Crippen LogP contribution in [0.3, 0.4) is 0 Å². The molecule has 7 nitrogen and oxygen atoms in total. The van der Waals surface area contributed by atoms with E-state index in [1.165, 1.54) is 21.7 Å². The molecule has 8 heteroatoms. The van der Waals surface area contributed by atoms with Gasteiger partial charge in [0.1, 0.15) is 23.7 Å². The summed E-state index contributed by atoms with van der Waals surface area (Å²) in [4.78, 5) is 6.94. The number of rotatable bonds is 7. The maximum absolute atomic E-state index is 5.47. The fourth-order valence-electron chi connectivity index (χ4n) is 4.21. The number of nitrogens with zero attached hydrogens (tertiary/aromatic N) is 4. The molecule has 4 heterocycles. The van der Waals surface area contributed by atoms with Gasteiger partial charge in [-0.3, -0.25) is 0 Å². The van der Waals surface area contributed by atoms with Crippen LogP contribution in [0.2, 0.25) is 0 Å². The minimum atomic E-state index is 0.712. The van der Waals surface area contributed by atoms with E-state index < -0.39 is 0 Å². The minimum Gasteiger partial charge on any atom is -0.497 e. The van der Waals surface area contributed by atoms with Crippen LogP contribution in [-0.2, 0) is 24.5 Å². The Labute approximate surface area is 180 Å². The van der Waals surface area contributed by atoms with Crippen molar-refractivity contribution in [3.8, 4) is 17.1 Å². The van der Waals surface area contributed by atoms with Crippen LogP contribution >= 0.6 is 11.3 Å². The molecular weight excluding hydrogens is 398 g/mol. The summed E-state index contributed by atoms with van der Waals surface area (Å²) in [5, 5.41) is 11.7. The average Bonchev–Trinajstić information content (AvgIpc) is 3.42.